The second kappa shape index (κ2) is 8.39. The number of benzene rings is 2. The van der Waals surface area contributed by atoms with Crippen molar-refractivity contribution in [3.63, 3.8) is 0 Å². The van der Waals surface area contributed by atoms with Crippen LogP contribution >= 0.6 is 23.2 Å². The van der Waals surface area contributed by atoms with Crippen molar-refractivity contribution in [3.8, 4) is 11.5 Å². The van der Waals surface area contributed by atoms with E-state index in [0.717, 1.165) is 0 Å². The molecule has 0 N–H and O–H groups in total. The molecule has 0 saturated carbocycles. The van der Waals surface area contributed by atoms with Gasteiger partial charge in [0.2, 0.25) is 0 Å². The Balaban J connectivity index is 1.92. The highest BCUT2D eigenvalue weighted by atomic mass is 35.5. The summed E-state index contributed by atoms with van der Waals surface area (Å²) >= 11 is 12.1. The molecular weight excluding hydrogens is 455 g/mol. The van der Waals surface area contributed by atoms with Crippen LogP contribution in [0, 0.1) is 0 Å². The van der Waals surface area contributed by atoms with Crippen molar-refractivity contribution in [2.75, 3.05) is 0 Å². The lowest BCUT2D eigenvalue weighted by atomic mass is 9.79. The minimum absolute atomic E-state index is 0.101. The molecule has 31 heavy (non-hydrogen) atoms. The Hall–Kier alpha value is -1.61. The molecule has 168 valence electrons. The topological polar surface area (TPSA) is 36.9 Å². The van der Waals surface area contributed by atoms with Crippen molar-refractivity contribution < 1.29 is 32.0 Å². The van der Waals surface area contributed by atoms with Crippen molar-refractivity contribution in [2.45, 2.75) is 58.3 Å². The molecule has 2 aromatic rings. The van der Waals surface area contributed by atoms with Gasteiger partial charge in [0.1, 0.15) is 6.10 Å². The summed E-state index contributed by atoms with van der Waals surface area (Å²) in [6.07, 6.45) is -5.57. The van der Waals surface area contributed by atoms with E-state index in [4.69, 9.17) is 37.2 Å². The van der Waals surface area contributed by atoms with Crippen molar-refractivity contribution in [2.24, 2.45) is 0 Å². The summed E-state index contributed by atoms with van der Waals surface area (Å²) in [5.41, 5.74) is -0.336. The zero-order valence-electron chi connectivity index (χ0n) is 17.6. The number of ether oxygens (including phenoxy) is 2. The average Bonchev–Trinajstić information content (AvgIpc) is 2.82. The molecule has 0 aromatic heterocycles. The van der Waals surface area contributed by atoms with Crippen LogP contribution in [0.2, 0.25) is 10.0 Å². The maximum Gasteiger partial charge on any atom is 0.573 e. The number of alkyl halides is 3. The van der Waals surface area contributed by atoms with Gasteiger partial charge in [0.15, 0.2) is 11.5 Å². The van der Waals surface area contributed by atoms with E-state index >= 15 is 0 Å². The van der Waals surface area contributed by atoms with Gasteiger partial charge in [-0.1, -0.05) is 35.3 Å². The van der Waals surface area contributed by atoms with Crippen LogP contribution in [0.25, 0.3) is 0 Å². The van der Waals surface area contributed by atoms with Gasteiger partial charge in [0.25, 0.3) is 0 Å². The van der Waals surface area contributed by atoms with Crippen LogP contribution in [-0.4, -0.2) is 24.7 Å². The number of rotatable bonds is 5. The highest BCUT2D eigenvalue weighted by Gasteiger charge is 2.52. The second-order valence-corrected chi connectivity index (χ2v) is 9.11. The van der Waals surface area contributed by atoms with Crippen LogP contribution in [0.4, 0.5) is 13.2 Å². The first-order valence-corrected chi connectivity index (χ1v) is 10.3. The van der Waals surface area contributed by atoms with Crippen LogP contribution in [0.1, 0.15) is 46.3 Å². The Bertz CT molecular complexity index is 950. The molecule has 0 amide bonds. The first-order valence-electron chi connectivity index (χ1n) is 9.55. The van der Waals surface area contributed by atoms with E-state index in [-0.39, 0.29) is 5.75 Å². The smallest absolute Gasteiger partial charge is 0.482 e. The first kappa shape index (κ1) is 24.0. The largest absolute Gasteiger partial charge is 0.573 e. The van der Waals surface area contributed by atoms with E-state index < -0.39 is 36.5 Å². The van der Waals surface area contributed by atoms with Gasteiger partial charge in [-0.3, -0.25) is 0 Å². The summed E-state index contributed by atoms with van der Waals surface area (Å²) in [6, 6.07) is 8.99. The van der Waals surface area contributed by atoms with Crippen molar-refractivity contribution in [1.29, 1.82) is 0 Å². The van der Waals surface area contributed by atoms with E-state index in [1.165, 1.54) is 18.2 Å². The summed E-state index contributed by atoms with van der Waals surface area (Å²) in [5, 5.41) is 0.779. The summed E-state index contributed by atoms with van der Waals surface area (Å²) in [6.45, 7) is 9.09. The lowest BCUT2D eigenvalue weighted by Crippen LogP contribution is -2.41. The van der Waals surface area contributed by atoms with Gasteiger partial charge in [-0.15, -0.1) is 13.2 Å². The quantitative estimate of drug-likeness (QED) is 0.472. The van der Waals surface area contributed by atoms with E-state index in [2.05, 4.69) is 4.74 Å². The van der Waals surface area contributed by atoms with Crippen LogP contribution in [0.3, 0.4) is 0 Å². The Labute approximate surface area is 189 Å². The summed E-state index contributed by atoms with van der Waals surface area (Å²) in [5.74, 6) is -0.604. The Morgan fingerprint density at radius 2 is 1.55 bits per heavy atom. The summed E-state index contributed by atoms with van der Waals surface area (Å²) in [4.78, 5) is 0. The van der Waals surface area contributed by atoms with E-state index in [1.54, 1.807) is 25.1 Å². The molecular formula is C21H22BCl2F3O4. The lowest BCUT2D eigenvalue weighted by molar-refractivity contribution is -0.275. The predicted octanol–water partition coefficient (Wildman–Crippen LogP) is 6.33. The summed E-state index contributed by atoms with van der Waals surface area (Å²) in [7, 11) is -0.849. The Morgan fingerprint density at radius 3 is 2.10 bits per heavy atom. The molecule has 4 nitrogen and oxygen atoms in total. The maximum atomic E-state index is 13.1. The third kappa shape index (κ3) is 5.42. The SMILES string of the molecule is CC(Oc1ccc(B2OC(C)(C)C(C)(C)O2)cc1OC(F)(F)F)c1ccc(Cl)cc1Cl. The number of halogens is 5. The van der Waals surface area contributed by atoms with Gasteiger partial charge < -0.3 is 18.8 Å². The van der Waals surface area contributed by atoms with Gasteiger partial charge in [-0.2, -0.15) is 0 Å². The van der Waals surface area contributed by atoms with E-state index in [1.807, 2.05) is 27.7 Å². The number of hydrogen-bond acceptors (Lipinski definition) is 4. The molecule has 0 spiro atoms. The van der Waals surface area contributed by atoms with E-state index in [9.17, 15) is 13.2 Å². The molecule has 1 saturated heterocycles. The fourth-order valence-corrected chi connectivity index (χ4v) is 3.60. The monoisotopic (exact) mass is 476 g/mol. The Kier molecular flexibility index (Phi) is 6.51. The predicted molar refractivity (Wildman–Crippen MR) is 114 cm³/mol. The molecule has 1 unspecified atom stereocenters. The molecule has 10 heteroatoms. The average molecular weight is 477 g/mol. The zero-order chi connectivity index (χ0) is 23.2. The molecule has 1 heterocycles. The fourth-order valence-electron chi connectivity index (χ4n) is 3.04. The third-order valence-electron chi connectivity index (χ3n) is 5.42. The minimum Gasteiger partial charge on any atom is -0.482 e. The maximum absolute atomic E-state index is 13.1. The van der Waals surface area contributed by atoms with Crippen molar-refractivity contribution in [3.05, 3.63) is 52.0 Å². The lowest BCUT2D eigenvalue weighted by Gasteiger charge is -2.32. The van der Waals surface area contributed by atoms with Gasteiger partial charge in [-0.25, -0.2) is 0 Å². The molecule has 1 atom stereocenters. The fraction of sp³-hybridized carbons (Fsp3) is 0.429. The molecule has 0 radical (unpaired) electrons. The zero-order valence-corrected chi connectivity index (χ0v) is 19.2. The molecule has 0 aliphatic carbocycles. The standard InChI is InChI=1S/C21H22BCl2F3O4/c1-12(15-8-7-14(23)11-16(15)24)28-17-9-6-13(10-18(17)29-21(25,26)27)22-30-19(2,3)20(4,5)31-22/h6-12H,1-5H3. The molecule has 2 aromatic carbocycles. The minimum atomic E-state index is -4.91. The molecule has 1 aliphatic rings. The van der Waals surface area contributed by atoms with Crippen molar-refractivity contribution in [1.82, 2.24) is 0 Å². The van der Waals surface area contributed by atoms with Crippen LogP contribution in [0.15, 0.2) is 36.4 Å². The third-order valence-corrected chi connectivity index (χ3v) is 5.99. The Morgan fingerprint density at radius 1 is 0.935 bits per heavy atom. The van der Waals surface area contributed by atoms with Crippen LogP contribution in [-0.2, 0) is 9.31 Å². The van der Waals surface area contributed by atoms with Crippen molar-refractivity contribution >= 4 is 35.8 Å². The van der Waals surface area contributed by atoms with Crippen LogP contribution < -0.4 is 14.9 Å². The summed E-state index contributed by atoms with van der Waals surface area (Å²) < 4.78 is 61.0. The van der Waals surface area contributed by atoms with Gasteiger partial charge in [0.05, 0.1) is 11.2 Å². The van der Waals surface area contributed by atoms with Crippen LogP contribution in [0.5, 0.6) is 11.5 Å². The highest BCUT2D eigenvalue weighted by molar-refractivity contribution is 6.62. The highest BCUT2D eigenvalue weighted by Crippen LogP contribution is 2.39. The molecule has 1 fully saturated rings. The van der Waals surface area contributed by atoms with Gasteiger partial charge >= 0.3 is 13.5 Å². The molecule has 1 aliphatic heterocycles. The van der Waals surface area contributed by atoms with E-state index in [0.29, 0.717) is 21.1 Å². The molecule has 0 bridgehead atoms. The number of hydrogen-bond donors (Lipinski definition) is 0. The van der Waals surface area contributed by atoms with Gasteiger partial charge in [0, 0.05) is 15.6 Å². The first-order chi connectivity index (χ1) is 14.2. The van der Waals surface area contributed by atoms with Gasteiger partial charge in [-0.05, 0) is 64.3 Å². The second-order valence-electron chi connectivity index (χ2n) is 8.27. The normalized spacial score (nSPS) is 18.7. The molecule has 3 rings (SSSR count).